The lowest BCUT2D eigenvalue weighted by Crippen LogP contribution is -2.48. The van der Waals surface area contributed by atoms with Crippen LogP contribution in [0.15, 0.2) is 0 Å². The summed E-state index contributed by atoms with van der Waals surface area (Å²) in [5.74, 6) is 0. The zero-order chi connectivity index (χ0) is 12.3. The van der Waals surface area contributed by atoms with E-state index in [1.165, 1.54) is 26.1 Å². The van der Waals surface area contributed by atoms with Gasteiger partial charge in [-0.05, 0) is 45.8 Å². The van der Waals surface area contributed by atoms with E-state index in [1.54, 1.807) is 0 Å². The van der Waals surface area contributed by atoms with Gasteiger partial charge < -0.3 is 10.6 Å². The third-order valence-electron chi connectivity index (χ3n) is 4.03. The maximum atomic E-state index is 6.06. The first kappa shape index (κ1) is 13.9. The largest absolute Gasteiger partial charge is 0.327 e. The fourth-order valence-corrected chi connectivity index (χ4v) is 2.32. The number of nitrogens with zero attached hydrogens (tertiary/aromatic N) is 2. The van der Waals surface area contributed by atoms with Crippen molar-refractivity contribution in [1.29, 1.82) is 0 Å². The van der Waals surface area contributed by atoms with E-state index in [9.17, 15) is 0 Å². The lowest BCUT2D eigenvalue weighted by molar-refractivity contribution is 0.122. The van der Waals surface area contributed by atoms with Crippen molar-refractivity contribution < 1.29 is 0 Å². The molecule has 3 heteroatoms. The molecular weight excluding hydrogens is 198 g/mol. The minimum absolute atomic E-state index is 0.206. The number of likely N-dealkylation sites (N-methyl/N-ethyl adjacent to an activating group) is 1. The van der Waals surface area contributed by atoms with E-state index >= 15 is 0 Å². The Labute approximate surface area is 101 Å². The van der Waals surface area contributed by atoms with E-state index in [2.05, 4.69) is 44.5 Å². The summed E-state index contributed by atoms with van der Waals surface area (Å²) in [6, 6.07) is 0.895. The Morgan fingerprint density at radius 2 is 2.00 bits per heavy atom. The first-order chi connectivity index (χ1) is 7.33. The van der Waals surface area contributed by atoms with Gasteiger partial charge in [0.2, 0.25) is 0 Å². The molecule has 1 heterocycles. The van der Waals surface area contributed by atoms with Crippen LogP contribution in [0, 0.1) is 5.41 Å². The fourth-order valence-electron chi connectivity index (χ4n) is 2.32. The van der Waals surface area contributed by atoms with Crippen LogP contribution in [0.5, 0.6) is 0 Å². The van der Waals surface area contributed by atoms with Gasteiger partial charge in [-0.2, -0.15) is 0 Å². The second kappa shape index (κ2) is 5.48. The van der Waals surface area contributed by atoms with E-state index in [1.807, 2.05) is 0 Å². The highest BCUT2D eigenvalue weighted by molar-refractivity contribution is 4.85. The number of nitrogens with two attached hydrogens (primary N) is 1. The highest BCUT2D eigenvalue weighted by atomic mass is 15.2. The minimum atomic E-state index is 0.206. The van der Waals surface area contributed by atoms with Gasteiger partial charge in [-0.15, -0.1) is 0 Å². The lowest BCUT2D eigenvalue weighted by atomic mass is 9.85. The molecule has 2 atom stereocenters. The van der Waals surface area contributed by atoms with Gasteiger partial charge in [0.25, 0.3) is 0 Å². The third-order valence-corrected chi connectivity index (χ3v) is 4.03. The maximum absolute atomic E-state index is 6.06. The Morgan fingerprint density at radius 1 is 1.38 bits per heavy atom. The molecule has 1 saturated heterocycles. The molecule has 0 spiro atoms. The van der Waals surface area contributed by atoms with Crippen molar-refractivity contribution in [2.45, 2.75) is 46.2 Å². The summed E-state index contributed by atoms with van der Waals surface area (Å²) in [7, 11) is 2.22. The quantitative estimate of drug-likeness (QED) is 0.791. The first-order valence-corrected chi connectivity index (χ1v) is 6.51. The fraction of sp³-hybridized carbons (Fsp3) is 1.00. The van der Waals surface area contributed by atoms with Gasteiger partial charge in [-0.3, -0.25) is 4.90 Å². The van der Waals surface area contributed by atoms with Crippen LogP contribution in [-0.2, 0) is 0 Å². The summed E-state index contributed by atoms with van der Waals surface area (Å²) in [4.78, 5) is 5.04. The molecule has 0 amide bonds. The lowest BCUT2D eigenvalue weighted by Gasteiger charge is -2.38. The van der Waals surface area contributed by atoms with E-state index in [4.69, 9.17) is 5.73 Å². The molecule has 0 aromatic heterocycles. The van der Waals surface area contributed by atoms with Crippen molar-refractivity contribution >= 4 is 0 Å². The van der Waals surface area contributed by atoms with Crippen molar-refractivity contribution in [1.82, 2.24) is 9.80 Å². The van der Waals surface area contributed by atoms with Crippen LogP contribution in [-0.4, -0.2) is 55.1 Å². The highest BCUT2D eigenvalue weighted by Crippen LogP contribution is 2.23. The predicted molar refractivity (Wildman–Crippen MR) is 70.6 cm³/mol. The summed E-state index contributed by atoms with van der Waals surface area (Å²) in [5, 5.41) is 0. The molecule has 0 radical (unpaired) electrons. The van der Waals surface area contributed by atoms with Crippen LogP contribution in [0.3, 0.4) is 0 Å². The van der Waals surface area contributed by atoms with Gasteiger partial charge in [0.15, 0.2) is 0 Å². The SMILES string of the molecule is CC1CN(C)CCCN1CC(C)(C)C(C)N. The molecule has 1 aliphatic heterocycles. The van der Waals surface area contributed by atoms with Crippen molar-refractivity contribution in [2.75, 3.05) is 33.2 Å². The summed E-state index contributed by atoms with van der Waals surface area (Å²) >= 11 is 0. The summed E-state index contributed by atoms with van der Waals surface area (Å²) in [5.41, 5.74) is 6.27. The van der Waals surface area contributed by atoms with Gasteiger partial charge in [-0.25, -0.2) is 0 Å². The highest BCUT2D eigenvalue weighted by Gasteiger charge is 2.29. The molecule has 96 valence electrons. The molecule has 0 aromatic rings. The summed E-state index contributed by atoms with van der Waals surface area (Å²) in [6.45, 7) is 13.7. The van der Waals surface area contributed by atoms with E-state index in [0.717, 1.165) is 6.54 Å². The average molecular weight is 227 g/mol. The Kier molecular flexibility index (Phi) is 4.77. The molecular formula is C13H29N3. The summed E-state index contributed by atoms with van der Waals surface area (Å²) < 4.78 is 0. The van der Waals surface area contributed by atoms with E-state index in [0.29, 0.717) is 6.04 Å². The smallest absolute Gasteiger partial charge is 0.0195 e. The van der Waals surface area contributed by atoms with Crippen LogP contribution >= 0.6 is 0 Å². The van der Waals surface area contributed by atoms with Gasteiger partial charge in [0, 0.05) is 25.2 Å². The molecule has 1 fully saturated rings. The monoisotopic (exact) mass is 227 g/mol. The van der Waals surface area contributed by atoms with E-state index in [-0.39, 0.29) is 11.5 Å². The van der Waals surface area contributed by atoms with Crippen molar-refractivity contribution in [3.8, 4) is 0 Å². The van der Waals surface area contributed by atoms with Crippen LogP contribution in [0.2, 0.25) is 0 Å². The Balaban J connectivity index is 2.58. The van der Waals surface area contributed by atoms with Crippen molar-refractivity contribution in [3.05, 3.63) is 0 Å². The second-order valence-corrected chi connectivity index (χ2v) is 6.21. The molecule has 2 unspecified atom stereocenters. The third kappa shape index (κ3) is 3.72. The standard InChI is InChI=1S/C13H29N3/c1-11-9-15(5)7-6-8-16(11)10-13(3,4)12(2)14/h11-12H,6-10,14H2,1-5H3. The van der Waals surface area contributed by atoms with Crippen LogP contribution < -0.4 is 5.73 Å². The number of rotatable bonds is 3. The average Bonchev–Trinajstić information content (AvgIpc) is 2.28. The Bertz CT molecular complexity index is 213. The minimum Gasteiger partial charge on any atom is -0.327 e. The molecule has 0 saturated carbocycles. The number of hydrogen-bond donors (Lipinski definition) is 1. The zero-order valence-corrected chi connectivity index (χ0v) is 11.7. The van der Waals surface area contributed by atoms with Crippen molar-refractivity contribution in [2.24, 2.45) is 11.1 Å². The van der Waals surface area contributed by atoms with Gasteiger partial charge in [0.05, 0.1) is 0 Å². The Hall–Kier alpha value is -0.120. The molecule has 1 rings (SSSR count). The molecule has 0 bridgehead atoms. The van der Waals surface area contributed by atoms with Crippen LogP contribution in [0.25, 0.3) is 0 Å². The molecule has 1 aliphatic rings. The second-order valence-electron chi connectivity index (χ2n) is 6.21. The molecule has 0 aliphatic carbocycles. The topological polar surface area (TPSA) is 32.5 Å². The first-order valence-electron chi connectivity index (χ1n) is 6.51. The normalized spacial score (nSPS) is 27.8. The summed E-state index contributed by atoms with van der Waals surface area (Å²) in [6.07, 6.45) is 1.27. The molecule has 3 nitrogen and oxygen atoms in total. The van der Waals surface area contributed by atoms with Gasteiger partial charge in [0.1, 0.15) is 0 Å². The van der Waals surface area contributed by atoms with Gasteiger partial charge >= 0.3 is 0 Å². The van der Waals surface area contributed by atoms with Crippen LogP contribution in [0.4, 0.5) is 0 Å². The molecule has 0 aromatic carbocycles. The van der Waals surface area contributed by atoms with E-state index < -0.39 is 0 Å². The van der Waals surface area contributed by atoms with Crippen molar-refractivity contribution in [3.63, 3.8) is 0 Å². The Morgan fingerprint density at radius 3 is 2.56 bits per heavy atom. The zero-order valence-electron chi connectivity index (χ0n) is 11.7. The maximum Gasteiger partial charge on any atom is 0.0195 e. The predicted octanol–water partition coefficient (Wildman–Crippen LogP) is 1.39. The van der Waals surface area contributed by atoms with Crippen LogP contribution in [0.1, 0.15) is 34.1 Å². The molecule has 16 heavy (non-hydrogen) atoms. The number of hydrogen-bond acceptors (Lipinski definition) is 3. The molecule has 2 N–H and O–H groups in total. The van der Waals surface area contributed by atoms with Gasteiger partial charge in [-0.1, -0.05) is 13.8 Å².